The minimum absolute atomic E-state index is 0.106. The highest BCUT2D eigenvalue weighted by molar-refractivity contribution is 5.85. The fourth-order valence-corrected chi connectivity index (χ4v) is 4.64. The van der Waals surface area contributed by atoms with Gasteiger partial charge in [0.25, 0.3) is 5.56 Å². The maximum atomic E-state index is 13.9. The Hall–Kier alpha value is -4.11. The molecule has 0 saturated heterocycles. The predicted molar refractivity (Wildman–Crippen MR) is 137 cm³/mol. The highest BCUT2D eigenvalue weighted by atomic mass is 16.5. The van der Waals surface area contributed by atoms with Gasteiger partial charge >= 0.3 is 0 Å². The normalized spacial score (nSPS) is 15.5. The molecule has 2 aromatic heterocycles. The number of aromatic nitrogens is 3. The number of nitrogens with zero attached hydrogens (tertiary/aromatic N) is 4. The molecule has 9 heteroatoms. The third kappa shape index (κ3) is 4.04. The summed E-state index contributed by atoms with van der Waals surface area (Å²) >= 11 is 0. The highest BCUT2D eigenvalue weighted by Crippen LogP contribution is 2.36. The maximum Gasteiger partial charge on any atom is 0.276 e. The lowest BCUT2D eigenvalue weighted by molar-refractivity contribution is 0.0944. The lowest BCUT2D eigenvalue weighted by atomic mass is 10.1. The molecule has 0 radical (unpaired) electrons. The van der Waals surface area contributed by atoms with Crippen LogP contribution in [0.2, 0.25) is 0 Å². The van der Waals surface area contributed by atoms with E-state index in [0.717, 1.165) is 40.3 Å². The zero-order valence-electron chi connectivity index (χ0n) is 19.5. The Labute approximate surface area is 202 Å². The first-order valence-electron chi connectivity index (χ1n) is 11.8. The molecule has 2 aromatic carbocycles. The van der Waals surface area contributed by atoms with Crippen LogP contribution >= 0.6 is 0 Å². The fourth-order valence-electron chi connectivity index (χ4n) is 4.64. The molecule has 2 N–H and O–H groups in total. The number of anilines is 5. The van der Waals surface area contributed by atoms with Gasteiger partial charge in [-0.15, -0.1) is 0 Å². The van der Waals surface area contributed by atoms with E-state index in [1.165, 1.54) is 0 Å². The first-order chi connectivity index (χ1) is 17.2. The summed E-state index contributed by atoms with van der Waals surface area (Å²) in [5.74, 6) is 1.15. The zero-order chi connectivity index (χ0) is 23.8. The molecule has 6 rings (SSSR count). The Morgan fingerprint density at radius 3 is 2.86 bits per heavy atom. The van der Waals surface area contributed by atoms with E-state index >= 15 is 0 Å². The van der Waals surface area contributed by atoms with E-state index in [-0.39, 0.29) is 5.56 Å². The molecular weight excluding hydrogens is 444 g/mol. The third-order valence-electron chi connectivity index (χ3n) is 6.32. The number of aryl methyl sites for hydroxylation is 1. The molecule has 0 saturated carbocycles. The molecule has 178 valence electrons. The highest BCUT2D eigenvalue weighted by Gasteiger charge is 2.23. The van der Waals surface area contributed by atoms with Crippen LogP contribution in [-0.2, 0) is 11.3 Å². The van der Waals surface area contributed by atoms with Gasteiger partial charge in [0.15, 0.2) is 0 Å². The smallest absolute Gasteiger partial charge is 0.276 e. The fraction of sp³-hybridized carbons (Fsp3) is 0.269. The first-order valence-corrected chi connectivity index (χ1v) is 11.8. The van der Waals surface area contributed by atoms with Crippen LogP contribution in [0.3, 0.4) is 0 Å². The molecule has 2 aliphatic rings. The van der Waals surface area contributed by atoms with Gasteiger partial charge in [-0.2, -0.15) is 4.98 Å². The molecule has 0 spiro atoms. The van der Waals surface area contributed by atoms with E-state index in [1.54, 1.807) is 10.8 Å². The summed E-state index contributed by atoms with van der Waals surface area (Å²) in [6.45, 7) is 5.09. The average molecular weight is 471 g/mol. The second-order valence-electron chi connectivity index (χ2n) is 8.62. The number of nitrogens with one attached hydrogen (secondary N) is 2. The molecule has 4 heterocycles. The van der Waals surface area contributed by atoms with Crippen molar-refractivity contribution in [1.29, 1.82) is 0 Å². The van der Waals surface area contributed by atoms with Crippen LogP contribution in [-0.4, -0.2) is 47.4 Å². The van der Waals surface area contributed by atoms with Crippen LogP contribution in [0.4, 0.5) is 28.7 Å². The second kappa shape index (κ2) is 8.92. The van der Waals surface area contributed by atoms with Crippen molar-refractivity contribution < 1.29 is 9.47 Å². The van der Waals surface area contributed by atoms with E-state index in [2.05, 4.69) is 33.5 Å². The number of rotatable bonds is 1. The molecule has 0 unspecified atom stereocenters. The van der Waals surface area contributed by atoms with Gasteiger partial charge in [-0.1, -0.05) is 18.2 Å². The summed E-state index contributed by atoms with van der Waals surface area (Å²) in [6, 6.07) is 15.6. The van der Waals surface area contributed by atoms with Crippen molar-refractivity contribution in [3.63, 3.8) is 0 Å². The summed E-state index contributed by atoms with van der Waals surface area (Å²) in [7, 11) is 0. The van der Waals surface area contributed by atoms with Crippen molar-refractivity contribution in [3.8, 4) is 5.75 Å². The molecule has 0 amide bonds. The molecule has 2 aliphatic heterocycles. The average Bonchev–Trinajstić information content (AvgIpc) is 2.87. The lowest BCUT2D eigenvalue weighted by Crippen LogP contribution is -2.36. The molecule has 0 aliphatic carbocycles. The van der Waals surface area contributed by atoms with Gasteiger partial charge in [0.1, 0.15) is 23.7 Å². The summed E-state index contributed by atoms with van der Waals surface area (Å²) < 4.78 is 13.3. The number of fused-ring (bicyclic) bond motifs is 4. The van der Waals surface area contributed by atoms with E-state index in [0.29, 0.717) is 50.2 Å². The molecule has 0 atom stereocenters. The lowest BCUT2D eigenvalue weighted by Gasteiger charge is -2.33. The topological polar surface area (TPSA) is 93.5 Å². The molecule has 4 aromatic rings. The van der Waals surface area contributed by atoms with Crippen LogP contribution in [0.5, 0.6) is 5.75 Å². The van der Waals surface area contributed by atoms with Crippen molar-refractivity contribution in [1.82, 2.24) is 14.5 Å². The van der Waals surface area contributed by atoms with E-state index in [9.17, 15) is 4.79 Å². The van der Waals surface area contributed by atoms with Gasteiger partial charge in [-0.3, -0.25) is 9.36 Å². The van der Waals surface area contributed by atoms with Gasteiger partial charge in [-0.05, 0) is 36.8 Å². The van der Waals surface area contributed by atoms with Gasteiger partial charge < -0.3 is 25.0 Å². The van der Waals surface area contributed by atoms with Gasteiger partial charge in [0, 0.05) is 36.4 Å². The number of hydrogen-bond acceptors (Lipinski definition) is 8. The van der Waals surface area contributed by atoms with Crippen LogP contribution in [0.1, 0.15) is 5.56 Å². The number of para-hydroxylation sites is 1. The SMILES string of the molecule is Cc1cccc2c1NCCN2c1cc2cnc3nc2n(c1=O)CCOCCOc1cccc(c1)N3. The van der Waals surface area contributed by atoms with Gasteiger partial charge in [0.05, 0.1) is 31.1 Å². The number of pyridine rings is 1. The molecule has 35 heavy (non-hydrogen) atoms. The van der Waals surface area contributed by atoms with Gasteiger partial charge in [-0.25, -0.2) is 4.98 Å². The molecule has 4 bridgehead atoms. The Kier molecular flexibility index (Phi) is 5.46. The Balaban J connectivity index is 1.48. The number of benzene rings is 2. The molecule has 9 nitrogen and oxygen atoms in total. The number of hydrogen-bond donors (Lipinski definition) is 2. The van der Waals surface area contributed by atoms with E-state index in [4.69, 9.17) is 14.5 Å². The quantitative estimate of drug-likeness (QED) is 0.434. The first kappa shape index (κ1) is 21.4. The van der Waals surface area contributed by atoms with Crippen molar-refractivity contribution in [2.45, 2.75) is 13.5 Å². The Morgan fingerprint density at radius 1 is 1.00 bits per heavy atom. The summed E-state index contributed by atoms with van der Waals surface area (Å²) in [6.07, 6.45) is 1.76. The predicted octanol–water partition coefficient (Wildman–Crippen LogP) is 3.82. The third-order valence-corrected chi connectivity index (χ3v) is 6.32. The summed E-state index contributed by atoms with van der Waals surface area (Å²) in [5.41, 5.74) is 5.07. The minimum atomic E-state index is -0.106. The largest absolute Gasteiger partial charge is 0.491 e. The van der Waals surface area contributed by atoms with Crippen LogP contribution in [0.15, 0.2) is 59.5 Å². The van der Waals surface area contributed by atoms with Crippen molar-refractivity contribution >= 4 is 39.7 Å². The summed E-state index contributed by atoms with van der Waals surface area (Å²) in [4.78, 5) is 25.2. The van der Waals surface area contributed by atoms with Crippen LogP contribution in [0.25, 0.3) is 11.0 Å². The number of ether oxygens (including phenoxy) is 2. The van der Waals surface area contributed by atoms with Crippen LogP contribution < -0.4 is 25.8 Å². The molecule has 0 fully saturated rings. The van der Waals surface area contributed by atoms with E-state index < -0.39 is 0 Å². The maximum absolute atomic E-state index is 13.9. The monoisotopic (exact) mass is 470 g/mol. The minimum Gasteiger partial charge on any atom is -0.491 e. The second-order valence-corrected chi connectivity index (χ2v) is 8.62. The molecular formula is C26H26N6O3. The standard InChI is InChI=1S/C26H26N6O3/c1-17-4-2-7-21-23(17)27-8-9-31(21)22-14-18-16-28-26-29-19-5-3-6-20(15-19)35-13-12-34-11-10-32(25(22)33)24(18)30-26/h2-7,14-16,27H,8-13H2,1H3,(H,28,29,30). The Bertz CT molecular complexity index is 1470. The van der Waals surface area contributed by atoms with E-state index in [1.807, 2.05) is 42.5 Å². The Morgan fingerprint density at radius 2 is 1.91 bits per heavy atom. The zero-order valence-corrected chi connectivity index (χ0v) is 19.5. The van der Waals surface area contributed by atoms with Crippen molar-refractivity contribution in [3.05, 3.63) is 70.6 Å². The van der Waals surface area contributed by atoms with Crippen molar-refractivity contribution in [2.75, 3.05) is 48.4 Å². The summed E-state index contributed by atoms with van der Waals surface area (Å²) in [5, 5.41) is 7.50. The van der Waals surface area contributed by atoms with Gasteiger partial charge in [0.2, 0.25) is 5.95 Å². The van der Waals surface area contributed by atoms with Crippen molar-refractivity contribution in [2.24, 2.45) is 0 Å². The van der Waals surface area contributed by atoms with Crippen LogP contribution in [0, 0.1) is 6.92 Å².